The summed E-state index contributed by atoms with van der Waals surface area (Å²) in [6, 6.07) is 19.0. The first-order valence-electron chi connectivity index (χ1n) is 7.50. The van der Waals surface area contributed by atoms with Gasteiger partial charge >= 0.3 is 0 Å². The summed E-state index contributed by atoms with van der Waals surface area (Å²) in [6.07, 6.45) is 2.49. The van der Waals surface area contributed by atoms with Crippen LogP contribution in [0.15, 0.2) is 54.6 Å². The fourth-order valence-electron chi connectivity index (χ4n) is 2.26. The van der Waals surface area contributed by atoms with Gasteiger partial charge in [0, 0.05) is 30.2 Å². The molecular formula is C18H24N2. The van der Waals surface area contributed by atoms with Gasteiger partial charge in [-0.25, -0.2) is 0 Å². The lowest BCUT2D eigenvalue weighted by atomic mass is 10.2. The Hall–Kier alpha value is -1.96. The van der Waals surface area contributed by atoms with Gasteiger partial charge in [0.2, 0.25) is 0 Å². The highest BCUT2D eigenvalue weighted by Gasteiger charge is 2.03. The van der Waals surface area contributed by atoms with Crippen molar-refractivity contribution in [2.24, 2.45) is 0 Å². The highest BCUT2D eigenvalue weighted by Crippen LogP contribution is 2.21. The first-order chi connectivity index (χ1) is 9.83. The average Bonchev–Trinajstić information content (AvgIpc) is 2.50. The second kappa shape index (κ2) is 7.59. The van der Waals surface area contributed by atoms with Gasteiger partial charge in [0.05, 0.1) is 0 Å². The lowest BCUT2D eigenvalue weighted by Gasteiger charge is -2.23. The van der Waals surface area contributed by atoms with E-state index in [0.29, 0.717) is 0 Å². The van der Waals surface area contributed by atoms with Crippen molar-refractivity contribution in [2.45, 2.75) is 26.7 Å². The van der Waals surface area contributed by atoms with E-state index in [4.69, 9.17) is 0 Å². The molecule has 0 aromatic heterocycles. The van der Waals surface area contributed by atoms with E-state index in [-0.39, 0.29) is 0 Å². The summed E-state index contributed by atoms with van der Waals surface area (Å²) >= 11 is 0. The van der Waals surface area contributed by atoms with Crippen LogP contribution in [0.4, 0.5) is 17.1 Å². The number of benzene rings is 2. The number of rotatable bonds is 7. The molecule has 2 rings (SSSR count). The Labute approximate surface area is 122 Å². The second-order valence-electron chi connectivity index (χ2n) is 4.97. The Morgan fingerprint density at radius 3 is 2.10 bits per heavy atom. The molecule has 0 spiro atoms. The predicted octanol–water partition coefficient (Wildman–Crippen LogP) is 5.06. The first kappa shape index (κ1) is 14.4. The summed E-state index contributed by atoms with van der Waals surface area (Å²) in [4.78, 5) is 2.43. The molecule has 2 aromatic carbocycles. The average molecular weight is 268 g/mol. The largest absolute Gasteiger partial charge is 0.372 e. The van der Waals surface area contributed by atoms with Gasteiger partial charge in [0.15, 0.2) is 0 Å². The van der Waals surface area contributed by atoms with Crippen molar-refractivity contribution in [3.63, 3.8) is 0 Å². The van der Waals surface area contributed by atoms with Crippen molar-refractivity contribution >= 4 is 17.1 Å². The van der Waals surface area contributed by atoms with Crippen LogP contribution < -0.4 is 10.2 Å². The number of para-hydroxylation sites is 1. The van der Waals surface area contributed by atoms with Crippen LogP contribution in [0.2, 0.25) is 0 Å². The Kier molecular flexibility index (Phi) is 5.48. The molecule has 0 aliphatic carbocycles. The fourth-order valence-corrected chi connectivity index (χ4v) is 2.26. The standard InChI is InChI=1S/C18H24N2/c1-3-5-15-20(4-2)18-13-11-17(12-14-18)19-16-9-7-6-8-10-16/h6-14,19H,3-5,15H2,1-2H3. The van der Waals surface area contributed by atoms with Crippen molar-refractivity contribution in [3.05, 3.63) is 54.6 Å². The molecule has 2 heteroatoms. The minimum absolute atomic E-state index is 1.06. The van der Waals surface area contributed by atoms with Crippen LogP contribution in [-0.2, 0) is 0 Å². The number of hydrogen-bond donors (Lipinski definition) is 1. The van der Waals surface area contributed by atoms with Gasteiger partial charge in [0.1, 0.15) is 0 Å². The van der Waals surface area contributed by atoms with Crippen molar-refractivity contribution in [2.75, 3.05) is 23.3 Å². The molecule has 0 radical (unpaired) electrons. The third-order valence-corrected chi connectivity index (χ3v) is 3.46. The molecule has 2 nitrogen and oxygen atoms in total. The summed E-state index contributed by atoms with van der Waals surface area (Å²) < 4.78 is 0. The monoisotopic (exact) mass is 268 g/mol. The van der Waals surface area contributed by atoms with E-state index >= 15 is 0 Å². The lowest BCUT2D eigenvalue weighted by molar-refractivity contribution is 0.732. The Morgan fingerprint density at radius 2 is 1.50 bits per heavy atom. The minimum Gasteiger partial charge on any atom is -0.372 e. The van der Waals surface area contributed by atoms with Crippen molar-refractivity contribution < 1.29 is 0 Å². The summed E-state index contributed by atoms with van der Waals surface area (Å²) in [5.74, 6) is 0. The van der Waals surface area contributed by atoms with E-state index in [1.165, 1.54) is 18.5 Å². The van der Waals surface area contributed by atoms with Gasteiger partial charge in [-0.15, -0.1) is 0 Å². The molecule has 1 N–H and O–H groups in total. The van der Waals surface area contributed by atoms with Crippen LogP contribution in [-0.4, -0.2) is 13.1 Å². The molecule has 0 amide bonds. The van der Waals surface area contributed by atoms with Crippen LogP contribution >= 0.6 is 0 Å². The van der Waals surface area contributed by atoms with E-state index in [1.54, 1.807) is 0 Å². The van der Waals surface area contributed by atoms with Gasteiger partial charge in [-0.3, -0.25) is 0 Å². The van der Waals surface area contributed by atoms with Gasteiger partial charge in [-0.05, 0) is 49.7 Å². The van der Waals surface area contributed by atoms with Crippen LogP contribution in [0.5, 0.6) is 0 Å². The SMILES string of the molecule is CCCCN(CC)c1ccc(Nc2ccccc2)cc1. The van der Waals surface area contributed by atoms with Crippen LogP contribution in [0.3, 0.4) is 0 Å². The van der Waals surface area contributed by atoms with Gasteiger partial charge in [0.25, 0.3) is 0 Å². The number of nitrogens with one attached hydrogen (secondary N) is 1. The molecule has 0 unspecified atom stereocenters. The third-order valence-electron chi connectivity index (χ3n) is 3.46. The van der Waals surface area contributed by atoms with Crippen molar-refractivity contribution in [3.8, 4) is 0 Å². The Morgan fingerprint density at radius 1 is 0.850 bits per heavy atom. The quantitative estimate of drug-likeness (QED) is 0.755. The van der Waals surface area contributed by atoms with Crippen molar-refractivity contribution in [1.29, 1.82) is 0 Å². The summed E-state index contributed by atoms with van der Waals surface area (Å²) in [7, 11) is 0. The maximum Gasteiger partial charge on any atom is 0.0385 e. The van der Waals surface area contributed by atoms with Crippen LogP contribution in [0, 0.1) is 0 Å². The highest BCUT2D eigenvalue weighted by atomic mass is 15.1. The normalized spacial score (nSPS) is 10.3. The summed E-state index contributed by atoms with van der Waals surface area (Å²) in [5.41, 5.74) is 3.56. The molecule has 0 saturated carbocycles. The van der Waals surface area contributed by atoms with E-state index in [1.807, 2.05) is 18.2 Å². The summed E-state index contributed by atoms with van der Waals surface area (Å²) in [6.45, 7) is 6.65. The maximum atomic E-state index is 3.41. The van der Waals surface area contributed by atoms with E-state index in [0.717, 1.165) is 24.5 Å². The number of anilines is 3. The molecule has 0 atom stereocenters. The van der Waals surface area contributed by atoms with Gasteiger partial charge in [-0.1, -0.05) is 31.5 Å². The Bertz CT molecular complexity index is 491. The van der Waals surface area contributed by atoms with E-state index < -0.39 is 0 Å². The third kappa shape index (κ3) is 4.02. The lowest BCUT2D eigenvalue weighted by Crippen LogP contribution is -2.23. The smallest absolute Gasteiger partial charge is 0.0385 e. The minimum atomic E-state index is 1.06. The maximum absolute atomic E-state index is 3.41. The molecule has 2 aromatic rings. The molecule has 0 heterocycles. The second-order valence-corrected chi connectivity index (χ2v) is 4.97. The van der Waals surface area contributed by atoms with Crippen LogP contribution in [0.1, 0.15) is 26.7 Å². The zero-order valence-corrected chi connectivity index (χ0v) is 12.5. The number of nitrogens with zero attached hydrogens (tertiary/aromatic N) is 1. The van der Waals surface area contributed by atoms with Crippen LogP contribution in [0.25, 0.3) is 0 Å². The zero-order chi connectivity index (χ0) is 14.2. The molecule has 20 heavy (non-hydrogen) atoms. The molecule has 0 saturated heterocycles. The Balaban J connectivity index is 2.02. The molecule has 0 aliphatic heterocycles. The van der Waals surface area contributed by atoms with Gasteiger partial charge < -0.3 is 10.2 Å². The zero-order valence-electron chi connectivity index (χ0n) is 12.5. The van der Waals surface area contributed by atoms with E-state index in [9.17, 15) is 0 Å². The summed E-state index contributed by atoms with van der Waals surface area (Å²) in [5, 5.41) is 3.41. The molecule has 106 valence electrons. The van der Waals surface area contributed by atoms with Crippen molar-refractivity contribution in [1.82, 2.24) is 0 Å². The topological polar surface area (TPSA) is 15.3 Å². The molecule has 0 fully saturated rings. The number of hydrogen-bond acceptors (Lipinski definition) is 2. The number of unbranched alkanes of at least 4 members (excludes halogenated alkanes) is 1. The van der Waals surface area contributed by atoms with Gasteiger partial charge in [-0.2, -0.15) is 0 Å². The predicted molar refractivity (Wildman–Crippen MR) is 89.0 cm³/mol. The fraction of sp³-hybridized carbons (Fsp3) is 0.333. The first-order valence-corrected chi connectivity index (χ1v) is 7.50. The molecular weight excluding hydrogens is 244 g/mol. The van der Waals surface area contributed by atoms with E-state index in [2.05, 4.69) is 60.5 Å². The molecule has 0 bridgehead atoms. The molecule has 0 aliphatic rings. The highest BCUT2D eigenvalue weighted by molar-refractivity contribution is 5.62.